The second-order valence-corrected chi connectivity index (χ2v) is 6.71. The van der Waals surface area contributed by atoms with Gasteiger partial charge in [-0.2, -0.15) is 0 Å². The predicted molar refractivity (Wildman–Crippen MR) is 84.1 cm³/mol. The predicted octanol–water partition coefficient (Wildman–Crippen LogP) is 2.70. The van der Waals surface area contributed by atoms with Crippen LogP contribution in [0.4, 0.5) is 4.79 Å². The van der Waals surface area contributed by atoms with Crippen LogP contribution in [0.1, 0.15) is 32.4 Å². The molecule has 1 aliphatic rings. The van der Waals surface area contributed by atoms with Crippen molar-refractivity contribution in [1.29, 1.82) is 0 Å². The molecule has 2 rings (SSSR count). The zero-order valence-electron chi connectivity index (χ0n) is 13.7. The quantitative estimate of drug-likeness (QED) is 0.922. The number of morpholine rings is 1. The van der Waals surface area contributed by atoms with Gasteiger partial charge in [0.15, 0.2) is 0 Å². The summed E-state index contributed by atoms with van der Waals surface area (Å²) in [6.07, 6.45) is -1.48. The van der Waals surface area contributed by atoms with Gasteiger partial charge in [0.1, 0.15) is 6.61 Å². The van der Waals surface area contributed by atoms with Crippen molar-refractivity contribution in [2.45, 2.75) is 32.9 Å². The van der Waals surface area contributed by atoms with Crippen LogP contribution in [-0.4, -0.2) is 47.9 Å². The summed E-state index contributed by atoms with van der Waals surface area (Å²) < 4.78 is 11.2. The molecule has 6 nitrogen and oxygen atoms in total. The summed E-state index contributed by atoms with van der Waals surface area (Å²) in [7, 11) is 0. The second kappa shape index (κ2) is 7.10. The van der Waals surface area contributed by atoms with Crippen LogP contribution >= 0.6 is 0 Å². The standard InChI is InChI=1S/C17H23NO5/c1-17(2,3)15(12-7-5-4-6-8-12)23-10-13-9-22-11-14(19)18(13)16(20)21/h4-8,13,15H,9-11H2,1-3H3,(H,20,21). The molecule has 0 saturated carbocycles. The number of amides is 2. The lowest BCUT2D eigenvalue weighted by Gasteiger charge is -2.36. The normalized spacial score (nSPS) is 20.4. The van der Waals surface area contributed by atoms with E-state index in [4.69, 9.17) is 9.47 Å². The summed E-state index contributed by atoms with van der Waals surface area (Å²) >= 11 is 0. The molecule has 0 aromatic heterocycles. The minimum absolute atomic E-state index is 0.106. The topological polar surface area (TPSA) is 76.1 Å². The summed E-state index contributed by atoms with van der Waals surface area (Å²) in [5.74, 6) is -0.552. The van der Waals surface area contributed by atoms with Gasteiger partial charge in [-0.3, -0.25) is 4.79 Å². The van der Waals surface area contributed by atoms with Crippen molar-refractivity contribution in [3.63, 3.8) is 0 Å². The van der Waals surface area contributed by atoms with Crippen molar-refractivity contribution in [2.24, 2.45) is 5.41 Å². The first-order valence-electron chi connectivity index (χ1n) is 7.60. The Kier molecular flexibility index (Phi) is 5.38. The van der Waals surface area contributed by atoms with E-state index in [1.165, 1.54) is 0 Å². The van der Waals surface area contributed by atoms with Crippen molar-refractivity contribution in [1.82, 2.24) is 4.90 Å². The van der Waals surface area contributed by atoms with E-state index in [1.807, 2.05) is 30.3 Å². The van der Waals surface area contributed by atoms with E-state index in [2.05, 4.69) is 20.8 Å². The summed E-state index contributed by atoms with van der Waals surface area (Å²) in [6, 6.07) is 9.15. The molecule has 2 unspecified atom stereocenters. The maximum atomic E-state index is 11.7. The first-order valence-corrected chi connectivity index (χ1v) is 7.60. The number of benzene rings is 1. The zero-order valence-corrected chi connectivity index (χ0v) is 13.7. The third-order valence-electron chi connectivity index (χ3n) is 3.72. The van der Waals surface area contributed by atoms with Gasteiger partial charge in [-0.05, 0) is 11.0 Å². The van der Waals surface area contributed by atoms with E-state index in [1.54, 1.807) is 0 Å². The van der Waals surface area contributed by atoms with E-state index < -0.39 is 18.0 Å². The largest absolute Gasteiger partial charge is 0.465 e. The van der Waals surface area contributed by atoms with Crippen LogP contribution in [0.2, 0.25) is 0 Å². The van der Waals surface area contributed by atoms with E-state index in [-0.39, 0.29) is 31.3 Å². The minimum atomic E-state index is -1.26. The summed E-state index contributed by atoms with van der Waals surface area (Å²) in [5.41, 5.74) is 0.847. The molecule has 1 N–H and O–H groups in total. The van der Waals surface area contributed by atoms with Crippen LogP contribution in [0.25, 0.3) is 0 Å². The number of carboxylic acid groups (broad SMARTS) is 1. The highest BCUT2D eigenvalue weighted by molar-refractivity contribution is 5.92. The lowest BCUT2D eigenvalue weighted by molar-refractivity contribution is -0.149. The molecule has 1 saturated heterocycles. The van der Waals surface area contributed by atoms with Gasteiger partial charge in [0.2, 0.25) is 0 Å². The Bertz CT molecular complexity index is 552. The molecule has 1 aromatic rings. The molecule has 0 aliphatic carbocycles. The van der Waals surface area contributed by atoms with Gasteiger partial charge >= 0.3 is 6.09 Å². The Morgan fingerprint density at radius 2 is 2.04 bits per heavy atom. The van der Waals surface area contributed by atoms with Crippen LogP contribution < -0.4 is 0 Å². The van der Waals surface area contributed by atoms with Crippen molar-refractivity contribution < 1.29 is 24.2 Å². The third-order valence-corrected chi connectivity index (χ3v) is 3.72. The lowest BCUT2D eigenvalue weighted by Crippen LogP contribution is -2.54. The molecular weight excluding hydrogens is 298 g/mol. The fourth-order valence-electron chi connectivity index (χ4n) is 2.70. The molecule has 1 aliphatic heterocycles. The van der Waals surface area contributed by atoms with E-state index in [9.17, 15) is 14.7 Å². The van der Waals surface area contributed by atoms with Crippen LogP contribution in [0.15, 0.2) is 30.3 Å². The van der Waals surface area contributed by atoms with Crippen LogP contribution in [-0.2, 0) is 14.3 Å². The van der Waals surface area contributed by atoms with Gasteiger partial charge in [0.05, 0.1) is 25.4 Å². The number of ether oxygens (including phenoxy) is 2. The molecule has 2 amide bonds. The second-order valence-electron chi connectivity index (χ2n) is 6.71. The number of carbonyl (C=O) groups excluding carboxylic acids is 1. The van der Waals surface area contributed by atoms with Gasteiger partial charge in [-0.25, -0.2) is 9.69 Å². The van der Waals surface area contributed by atoms with Crippen molar-refractivity contribution >= 4 is 12.0 Å². The summed E-state index contributed by atoms with van der Waals surface area (Å²) in [6.45, 7) is 6.23. The first kappa shape index (κ1) is 17.4. The Morgan fingerprint density at radius 1 is 1.39 bits per heavy atom. The highest BCUT2D eigenvalue weighted by Gasteiger charge is 2.36. The molecule has 2 atom stereocenters. The molecule has 1 fully saturated rings. The number of nitrogens with zero attached hydrogens (tertiary/aromatic N) is 1. The maximum Gasteiger partial charge on any atom is 0.414 e. The van der Waals surface area contributed by atoms with Crippen molar-refractivity contribution in [2.75, 3.05) is 19.8 Å². The van der Waals surface area contributed by atoms with Crippen LogP contribution in [0.3, 0.4) is 0 Å². The molecule has 6 heteroatoms. The first-order chi connectivity index (χ1) is 10.8. The number of hydrogen-bond acceptors (Lipinski definition) is 4. The Balaban J connectivity index is 2.12. The monoisotopic (exact) mass is 321 g/mol. The zero-order chi connectivity index (χ0) is 17.0. The Hall–Kier alpha value is -1.92. The van der Waals surface area contributed by atoms with E-state index >= 15 is 0 Å². The fraction of sp³-hybridized carbons (Fsp3) is 0.529. The van der Waals surface area contributed by atoms with Gasteiger partial charge in [-0.15, -0.1) is 0 Å². The molecular formula is C17H23NO5. The average Bonchev–Trinajstić information content (AvgIpc) is 2.46. The van der Waals surface area contributed by atoms with Gasteiger partial charge in [0, 0.05) is 0 Å². The molecule has 126 valence electrons. The van der Waals surface area contributed by atoms with Crippen LogP contribution in [0.5, 0.6) is 0 Å². The average molecular weight is 321 g/mol. The smallest absolute Gasteiger partial charge is 0.414 e. The number of carbonyl (C=O) groups is 2. The highest BCUT2D eigenvalue weighted by Crippen LogP contribution is 2.36. The van der Waals surface area contributed by atoms with Gasteiger partial charge in [0.25, 0.3) is 5.91 Å². The molecule has 23 heavy (non-hydrogen) atoms. The SMILES string of the molecule is CC(C)(C)C(OCC1COCC(=O)N1C(=O)O)c1ccccc1. The number of imide groups is 1. The third kappa shape index (κ3) is 4.30. The van der Waals surface area contributed by atoms with E-state index in [0.717, 1.165) is 10.5 Å². The minimum Gasteiger partial charge on any atom is -0.465 e. The Morgan fingerprint density at radius 3 is 2.61 bits per heavy atom. The molecule has 0 bridgehead atoms. The highest BCUT2D eigenvalue weighted by atomic mass is 16.5. The Labute approximate surface area is 136 Å². The van der Waals surface area contributed by atoms with Crippen molar-refractivity contribution in [3.8, 4) is 0 Å². The molecule has 0 radical (unpaired) electrons. The number of rotatable bonds is 4. The molecule has 0 spiro atoms. The molecule has 1 heterocycles. The van der Waals surface area contributed by atoms with Crippen molar-refractivity contribution in [3.05, 3.63) is 35.9 Å². The maximum absolute atomic E-state index is 11.7. The summed E-state index contributed by atoms with van der Waals surface area (Å²) in [4.78, 5) is 23.8. The lowest BCUT2D eigenvalue weighted by atomic mass is 9.84. The van der Waals surface area contributed by atoms with E-state index in [0.29, 0.717) is 0 Å². The molecule has 1 aromatic carbocycles. The van der Waals surface area contributed by atoms with Gasteiger partial charge in [-0.1, -0.05) is 51.1 Å². The fourth-order valence-corrected chi connectivity index (χ4v) is 2.70. The van der Waals surface area contributed by atoms with Crippen LogP contribution in [0, 0.1) is 5.41 Å². The van der Waals surface area contributed by atoms with Gasteiger partial charge < -0.3 is 14.6 Å². The summed E-state index contributed by atoms with van der Waals surface area (Å²) in [5, 5.41) is 9.22. The number of hydrogen-bond donors (Lipinski definition) is 1.